The fourth-order valence-electron chi connectivity index (χ4n) is 4.66. The van der Waals surface area contributed by atoms with Gasteiger partial charge in [0.25, 0.3) is 0 Å². The number of pyridine rings is 1. The van der Waals surface area contributed by atoms with Crippen molar-refractivity contribution in [3.63, 3.8) is 0 Å². The highest BCUT2D eigenvalue weighted by atomic mass is 32.1. The van der Waals surface area contributed by atoms with Crippen molar-refractivity contribution in [3.05, 3.63) is 77.4 Å². The smallest absolute Gasteiger partial charge is 0.174 e. The predicted octanol–water partition coefficient (Wildman–Crippen LogP) is 5.27. The lowest BCUT2D eigenvalue weighted by Crippen LogP contribution is -2.30. The quantitative estimate of drug-likeness (QED) is 0.570. The van der Waals surface area contributed by atoms with Crippen LogP contribution in [0, 0.1) is 13.8 Å². The standard InChI is InChI=1S/C24H28N4OS/c1-15(2)27-16(3)14-18(17(27)4)23-22(19-10-8-9-13-25-19)26-24(30)28(23)20-11-6-7-12-21(20)29-5/h6-15,22-23H,1-5H3,(H,26,30)/t22-,23-/m0/s1. The molecule has 1 saturated heterocycles. The molecule has 0 amide bonds. The number of rotatable bonds is 5. The Morgan fingerprint density at radius 2 is 1.83 bits per heavy atom. The van der Waals surface area contributed by atoms with Crippen molar-refractivity contribution < 1.29 is 4.74 Å². The van der Waals surface area contributed by atoms with Gasteiger partial charge in [-0.05, 0) is 75.8 Å². The van der Waals surface area contributed by atoms with Crippen LogP contribution in [-0.4, -0.2) is 21.8 Å². The summed E-state index contributed by atoms with van der Waals surface area (Å²) in [7, 11) is 1.70. The zero-order chi connectivity index (χ0) is 21.4. The van der Waals surface area contributed by atoms with Crippen LogP contribution in [0.15, 0.2) is 54.7 Å². The van der Waals surface area contributed by atoms with Gasteiger partial charge in [0.15, 0.2) is 5.11 Å². The average Bonchev–Trinajstić information content (AvgIpc) is 3.23. The zero-order valence-electron chi connectivity index (χ0n) is 18.1. The molecule has 1 fully saturated rings. The number of aromatic nitrogens is 2. The largest absolute Gasteiger partial charge is 0.495 e. The Hall–Kier alpha value is -2.86. The van der Waals surface area contributed by atoms with Crippen molar-refractivity contribution in [2.75, 3.05) is 12.0 Å². The fraction of sp³-hybridized carbons (Fsp3) is 0.333. The Morgan fingerprint density at radius 3 is 2.47 bits per heavy atom. The Bertz CT molecular complexity index is 1060. The van der Waals surface area contributed by atoms with Crippen LogP contribution in [0.1, 0.15) is 54.6 Å². The second-order valence-corrected chi connectivity index (χ2v) is 8.35. The number of hydrogen-bond acceptors (Lipinski definition) is 3. The Balaban J connectivity index is 1.92. The Labute approximate surface area is 183 Å². The van der Waals surface area contributed by atoms with Crippen LogP contribution in [0.2, 0.25) is 0 Å². The van der Waals surface area contributed by atoms with Gasteiger partial charge in [0, 0.05) is 23.6 Å². The van der Waals surface area contributed by atoms with Gasteiger partial charge in [0.1, 0.15) is 5.75 Å². The molecular formula is C24H28N4OS. The third-order valence-electron chi connectivity index (χ3n) is 5.80. The minimum atomic E-state index is -0.0651. The van der Waals surface area contributed by atoms with Crippen LogP contribution in [0.5, 0.6) is 5.75 Å². The summed E-state index contributed by atoms with van der Waals surface area (Å²) in [6.45, 7) is 8.80. The number of hydrogen-bond donors (Lipinski definition) is 1. The molecule has 156 valence electrons. The van der Waals surface area contributed by atoms with Crippen LogP contribution in [0.25, 0.3) is 0 Å². The maximum absolute atomic E-state index is 5.84. The highest BCUT2D eigenvalue weighted by molar-refractivity contribution is 7.80. The predicted molar refractivity (Wildman–Crippen MR) is 125 cm³/mol. The molecule has 6 heteroatoms. The van der Waals surface area contributed by atoms with E-state index < -0.39 is 0 Å². The molecule has 3 aromatic rings. The topological polar surface area (TPSA) is 42.3 Å². The maximum Gasteiger partial charge on any atom is 0.174 e. The molecule has 0 bridgehead atoms. The van der Waals surface area contributed by atoms with E-state index in [1.165, 1.54) is 17.0 Å². The van der Waals surface area contributed by atoms with E-state index >= 15 is 0 Å². The lowest BCUT2D eigenvalue weighted by atomic mass is 9.96. The van der Waals surface area contributed by atoms with E-state index in [1.54, 1.807) is 7.11 Å². The molecule has 2 atom stereocenters. The summed E-state index contributed by atoms with van der Waals surface area (Å²) in [6, 6.07) is 16.6. The van der Waals surface area contributed by atoms with E-state index in [9.17, 15) is 0 Å². The lowest BCUT2D eigenvalue weighted by Gasteiger charge is -2.29. The number of aryl methyl sites for hydroxylation is 1. The second kappa shape index (κ2) is 8.11. The van der Waals surface area contributed by atoms with Crippen molar-refractivity contribution >= 4 is 23.0 Å². The van der Waals surface area contributed by atoms with Gasteiger partial charge < -0.3 is 19.5 Å². The molecule has 0 saturated carbocycles. The normalized spacial score (nSPS) is 18.7. The third-order valence-corrected chi connectivity index (χ3v) is 6.12. The summed E-state index contributed by atoms with van der Waals surface area (Å²) in [4.78, 5) is 6.83. The van der Waals surface area contributed by atoms with Crippen molar-refractivity contribution in [2.24, 2.45) is 0 Å². The first-order chi connectivity index (χ1) is 14.4. The van der Waals surface area contributed by atoms with E-state index in [-0.39, 0.29) is 12.1 Å². The van der Waals surface area contributed by atoms with Gasteiger partial charge in [0.2, 0.25) is 0 Å². The summed E-state index contributed by atoms with van der Waals surface area (Å²) in [5.41, 5.74) is 5.66. The van der Waals surface area contributed by atoms with Crippen LogP contribution in [0.4, 0.5) is 5.69 Å². The molecule has 1 aromatic carbocycles. The van der Waals surface area contributed by atoms with Crippen LogP contribution in [-0.2, 0) is 0 Å². The fourth-order valence-corrected chi connectivity index (χ4v) is 4.99. The molecule has 0 aliphatic carbocycles. The Kier molecular flexibility index (Phi) is 5.52. The third kappa shape index (κ3) is 3.35. The summed E-state index contributed by atoms with van der Waals surface area (Å²) in [6.07, 6.45) is 1.83. The van der Waals surface area contributed by atoms with E-state index in [1.807, 2.05) is 36.5 Å². The zero-order valence-corrected chi connectivity index (χ0v) is 18.9. The van der Waals surface area contributed by atoms with Gasteiger partial charge in [-0.1, -0.05) is 18.2 Å². The number of benzene rings is 1. The molecule has 0 radical (unpaired) electrons. The molecule has 0 spiro atoms. The first kappa shape index (κ1) is 20.4. The minimum absolute atomic E-state index is 0.0394. The first-order valence-electron chi connectivity index (χ1n) is 10.3. The molecule has 30 heavy (non-hydrogen) atoms. The average molecular weight is 421 g/mol. The molecule has 0 unspecified atom stereocenters. The number of nitrogens with one attached hydrogen (secondary N) is 1. The van der Waals surface area contributed by atoms with Gasteiger partial charge >= 0.3 is 0 Å². The van der Waals surface area contributed by atoms with Gasteiger partial charge in [-0.3, -0.25) is 4.98 Å². The summed E-state index contributed by atoms with van der Waals surface area (Å²) in [5, 5.41) is 4.21. The van der Waals surface area contributed by atoms with Crippen LogP contribution < -0.4 is 15.0 Å². The molecular weight excluding hydrogens is 392 g/mol. The molecule has 1 aliphatic heterocycles. The van der Waals surface area contributed by atoms with Crippen molar-refractivity contribution in [2.45, 2.75) is 45.8 Å². The highest BCUT2D eigenvalue weighted by Gasteiger charge is 2.43. The Morgan fingerprint density at radius 1 is 1.10 bits per heavy atom. The van der Waals surface area contributed by atoms with Crippen LogP contribution in [0.3, 0.4) is 0 Å². The van der Waals surface area contributed by atoms with E-state index in [0.29, 0.717) is 11.2 Å². The van der Waals surface area contributed by atoms with Gasteiger partial charge in [-0.2, -0.15) is 0 Å². The molecule has 2 aromatic heterocycles. The lowest BCUT2D eigenvalue weighted by molar-refractivity contribution is 0.414. The first-order valence-corrected chi connectivity index (χ1v) is 10.7. The summed E-state index contributed by atoms with van der Waals surface area (Å²) < 4.78 is 8.06. The van der Waals surface area contributed by atoms with Gasteiger partial charge in [-0.25, -0.2) is 0 Å². The number of thiocarbonyl (C=S) groups is 1. The van der Waals surface area contributed by atoms with Crippen molar-refractivity contribution in [3.8, 4) is 5.75 Å². The van der Waals surface area contributed by atoms with E-state index in [0.717, 1.165) is 17.1 Å². The SMILES string of the molecule is COc1ccccc1N1C(=S)N[C@@H](c2ccccn2)[C@@H]1c1cc(C)n(C(C)C)c1C. The molecule has 1 N–H and O–H groups in total. The number of nitrogens with zero attached hydrogens (tertiary/aromatic N) is 3. The van der Waals surface area contributed by atoms with Crippen LogP contribution >= 0.6 is 12.2 Å². The molecule has 4 rings (SSSR count). The molecule has 5 nitrogen and oxygen atoms in total. The van der Waals surface area contributed by atoms with Gasteiger partial charge in [0.05, 0.1) is 30.6 Å². The number of para-hydroxylation sites is 2. The van der Waals surface area contributed by atoms with E-state index in [2.05, 4.69) is 65.7 Å². The summed E-state index contributed by atoms with van der Waals surface area (Å²) >= 11 is 5.84. The van der Waals surface area contributed by atoms with E-state index in [4.69, 9.17) is 17.0 Å². The molecule has 1 aliphatic rings. The highest BCUT2D eigenvalue weighted by Crippen LogP contribution is 2.45. The molecule has 3 heterocycles. The number of ether oxygens (including phenoxy) is 1. The van der Waals surface area contributed by atoms with Gasteiger partial charge in [-0.15, -0.1) is 0 Å². The maximum atomic E-state index is 5.84. The number of anilines is 1. The monoisotopic (exact) mass is 420 g/mol. The second-order valence-electron chi connectivity index (χ2n) is 7.96. The van der Waals surface area contributed by atoms with Crippen molar-refractivity contribution in [1.82, 2.24) is 14.9 Å². The minimum Gasteiger partial charge on any atom is -0.495 e. The summed E-state index contributed by atoms with van der Waals surface area (Å²) in [5.74, 6) is 0.797. The van der Waals surface area contributed by atoms with Crippen molar-refractivity contribution in [1.29, 1.82) is 0 Å². The number of methoxy groups -OCH3 is 1.